The fourth-order valence-corrected chi connectivity index (χ4v) is 4.54. The number of rotatable bonds is 6. The highest BCUT2D eigenvalue weighted by atomic mass is 32.1. The quantitative estimate of drug-likeness (QED) is 0.374. The molecular formula is C19H21FN6O5S. The maximum absolute atomic E-state index is 14.9. The van der Waals surface area contributed by atoms with Gasteiger partial charge in [0, 0.05) is 13.1 Å². The molecule has 2 saturated heterocycles. The average Bonchev–Trinajstić information content (AvgIpc) is 3.43. The Morgan fingerprint density at radius 1 is 1.41 bits per heavy atom. The summed E-state index contributed by atoms with van der Waals surface area (Å²) in [7, 11) is 0. The standard InChI is InChI=1S/C19H21FN6O5S/c1-19(12-5-3-2-4-6-12,13-9-22-18(28)31-13)16(27)23-24-7-8-25(14(20)11-24)17-21-10-15(32-17)26(29)30/h2-6,10,13-14H,7-9,11H2,1H3,(H,22,28)(H,23,27). The van der Waals surface area contributed by atoms with Gasteiger partial charge in [-0.25, -0.2) is 19.2 Å². The zero-order valence-corrected chi connectivity index (χ0v) is 17.9. The average molecular weight is 464 g/mol. The maximum Gasteiger partial charge on any atom is 0.407 e. The van der Waals surface area contributed by atoms with Gasteiger partial charge in [0.15, 0.2) is 11.4 Å². The maximum atomic E-state index is 14.9. The Morgan fingerprint density at radius 3 is 2.75 bits per heavy atom. The third-order valence-electron chi connectivity index (χ3n) is 5.66. The Morgan fingerprint density at radius 2 is 2.16 bits per heavy atom. The number of ether oxygens (including phenoxy) is 1. The molecule has 4 rings (SSSR count). The SMILES string of the molecule is CC(C(=O)NN1CCN(c2ncc([N+](=O)[O-])s2)C(F)C1)(c1ccccc1)C1CNC(=O)O1. The number of alkyl halides is 1. The number of piperazine rings is 1. The van der Waals surface area contributed by atoms with Gasteiger partial charge in [0.1, 0.15) is 17.7 Å². The van der Waals surface area contributed by atoms with Crippen LogP contribution < -0.4 is 15.6 Å². The van der Waals surface area contributed by atoms with Crippen molar-refractivity contribution in [3.8, 4) is 0 Å². The van der Waals surface area contributed by atoms with E-state index in [1.165, 1.54) is 9.91 Å². The molecular weight excluding hydrogens is 443 g/mol. The molecule has 32 heavy (non-hydrogen) atoms. The van der Waals surface area contributed by atoms with E-state index in [9.17, 15) is 24.1 Å². The van der Waals surface area contributed by atoms with Gasteiger partial charge in [-0.15, -0.1) is 0 Å². The monoisotopic (exact) mass is 464 g/mol. The molecule has 3 heterocycles. The van der Waals surface area contributed by atoms with Crippen molar-refractivity contribution in [2.75, 3.05) is 31.1 Å². The summed E-state index contributed by atoms with van der Waals surface area (Å²) < 4.78 is 20.2. The minimum absolute atomic E-state index is 0.160. The predicted molar refractivity (Wildman–Crippen MR) is 113 cm³/mol. The number of thiazole rings is 1. The van der Waals surface area contributed by atoms with E-state index in [0.29, 0.717) is 5.56 Å². The second kappa shape index (κ2) is 8.67. The molecule has 0 bridgehead atoms. The van der Waals surface area contributed by atoms with Gasteiger partial charge in [-0.05, 0) is 23.8 Å². The van der Waals surface area contributed by atoms with E-state index in [-0.39, 0.29) is 36.3 Å². The molecule has 2 aromatic rings. The second-order valence-electron chi connectivity index (χ2n) is 7.60. The molecule has 170 valence electrons. The highest BCUT2D eigenvalue weighted by Gasteiger charge is 2.48. The zero-order valence-electron chi connectivity index (χ0n) is 17.1. The molecule has 2 fully saturated rings. The normalized spacial score (nSPS) is 23.2. The first kappa shape index (κ1) is 21.9. The molecule has 2 N–H and O–H groups in total. The van der Waals surface area contributed by atoms with Crippen molar-refractivity contribution in [2.24, 2.45) is 0 Å². The largest absolute Gasteiger partial charge is 0.443 e. The number of hydrogen-bond donors (Lipinski definition) is 2. The van der Waals surface area contributed by atoms with Gasteiger partial charge in [-0.2, -0.15) is 0 Å². The van der Waals surface area contributed by atoms with E-state index in [2.05, 4.69) is 15.7 Å². The highest BCUT2D eigenvalue weighted by molar-refractivity contribution is 7.18. The van der Waals surface area contributed by atoms with Crippen LogP contribution in [0.1, 0.15) is 12.5 Å². The summed E-state index contributed by atoms with van der Waals surface area (Å²) >= 11 is 0.799. The number of alkyl carbamates (subject to hydrolysis) is 1. The predicted octanol–water partition coefficient (Wildman–Crippen LogP) is 1.57. The third kappa shape index (κ3) is 4.08. The van der Waals surface area contributed by atoms with Crippen LogP contribution in [0, 0.1) is 10.1 Å². The smallest absolute Gasteiger partial charge is 0.407 e. The van der Waals surface area contributed by atoms with Crippen LogP contribution in [0.4, 0.5) is 19.3 Å². The van der Waals surface area contributed by atoms with Crippen molar-refractivity contribution in [1.29, 1.82) is 0 Å². The molecule has 2 aliphatic rings. The Bertz CT molecular complexity index is 1020. The van der Waals surface area contributed by atoms with Gasteiger partial charge < -0.3 is 15.0 Å². The van der Waals surface area contributed by atoms with Crippen molar-refractivity contribution in [1.82, 2.24) is 20.7 Å². The Kier molecular flexibility index (Phi) is 5.93. The molecule has 1 aromatic heterocycles. The molecule has 1 aromatic carbocycles. The van der Waals surface area contributed by atoms with Crippen molar-refractivity contribution >= 4 is 33.5 Å². The fourth-order valence-electron chi connectivity index (χ4n) is 3.75. The van der Waals surface area contributed by atoms with Gasteiger partial charge in [0.25, 0.3) is 0 Å². The van der Waals surface area contributed by atoms with Gasteiger partial charge in [-0.1, -0.05) is 30.3 Å². The lowest BCUT2D eigenvalue weighted by Gasteiger charge is -2.40. The van der Waals surface area contributed by atoms with Crippen LogP contribution in [0.5, 0.6) is 0 Å². The topological polar surface area (TPSA) is 130 Å². The lowest BCUT2D eigenvalue weighted by atomic mass is 9.76. The molecule has 11 nitrogen and oxygen atoms in total. The minimum Gasteiger partial charge on any atom is -0.443 e. The van der Waals surface area contributed by atoms with Crippen LogP contribution in [-0.4, -0.2) is 65.5 Å². The van der Waals surface area contributed by atoms with Crippen LogP contribution >= 0.6 is 11.3 Å². The number of halogens is 1. The first-order valence-electron chi connectivity index (χ1n) is 9.86. The number of hydrogen-bond acceptors (Lipinski definition) is 9. The van der Waals surface area contributed by atoms with Gasteiger partial charge in [0.05, 0.1) is 18.0 Å². The van der Waals surface area contributed by atoms with Crippen molar-refractivity contribution in [3.05, 3.63) is 52.2 Å². The first-order valence-corrected chi connectivity index (χ1v) is 10.7. The Labute approximate surface area is 186 Å². The molecule has 0 saturated carbocycles. The number of anilines is 1. The first-order chi connectivity index (χ1) is 15.3. The summed E-state index contributed by atoms with van der Waals surface area (Å²) in [5.41, 5.74) is 2.21. The number of amides is 2. The molecule has 0 aliphatic carbocycles. The lowest BCUT2D eigenvalue weighted by molar-refractivity contribution is -0.380. The summed E-state index contributed by atoms with van der Waals surface area (Å²) in [4.78, 5) is 40.6. The van der Waals surface area contributed by atoms with E-state index in [1.54, 1.807) is 31.2 Å². The number of aromatic nitrogens is 1. The van der Waals surface area contributed by atoms with Crippen molar-refractivity contribution in [2.45, 2.75) is 24.7 Å². The zero-order chi connectivity index (χ0) is 22.9. The van der Waals surface area contributed by atoms with Gasteiger partial charge >= 0.3 is 11.1 Å². The molecule has 3 unspecified atom stereocenters. The van der Waals surface area contributed by atoms with E-state index in [0.717, 1.165) is 17.5 Å². The van der Waals surface area contributed by atoms with Crippen LogP contribution in [0.15, 0.2) is 36.5 Å². The van der Waals surface area contributed by atoms with E-state index in [1.807, 2.05) is 6.07 Å². The summed E-state index contributed by atoms with van der Waals surface area (Å²) in [6.07, 6.45) is -1.76. The molecule has 0 spiro atoms. The number of nitrogens with one attached hydrogen (secondary N) is 2. The van der Waals surface area contributed by atoms with E-state index >= 15 is 0 Å². The lowest BCUT2D eigenvalue weighted by Crippen LogP contribution is -2.61. The number of nitrogens with zero attached hydrogens (tertiary/aromatic N) is 4. The fraction of sp³-hybridized carbons (Fsp3) is 0.421. The number of hydrazine groups is 1. The number of cyclic esters (lactones) is 1. The number of carbonyl (C=O) groups excluding carboxylic acids is 2. The van der Waals surface area contributed by atoms with Crippen molar-refractivity contribution < 1.29 is 23.6 Å². The van der Waals surface area contributed by atoms with E-state index < -0.39 is 34.7 Å². The highest BCUT2D eigenvalue weighted by Crippen LogP contribution is 2.33. The molecule has 2 amide bonds. The Balaban J connectivity index is 1.47. The van der Waals surface area contributed by atoms with Crippen molar-refractivity contribution in [3.63, 3.8) is 0 Å². The third-order valence-corrected chi connectivity index (χ3v) is 6.64. The van der Waals surface area contributed by atoms with Gasteiger partial charge in [-0.3, -0.25) is 20.3 Å². The summed E-state index contributed by atoms with van der Waals surface area (Å²) in [6.45, 7) is 2.13. The number of nitro groups is 1. The summed E-state index contributed by atoms with van der Waals surface area (Å²) in [5, 5.41) is 14.9. The van der Waals surface area contributed by atoms with Crippen LogP contribution in [0.2, 0.25) is 0 Å². The number of carbonyl (C=O) groups is 2. The Hall–Kier alpha value is -3.32. The van der Waals surface area contributed by atoms with Crippen LogP contribution in [0.25, 0.3) is 0 Å². The summed E-state index contributed by atoms with van der Waals surface area (Å²) in [5.74, 6) is -0.435. The van der Waals surface area contributed by atoms with Crippen LogP contribution in [-0.2, 0) is 14.9 Å². The molecule has 3 atom stereocenters. The van der Waals surface area contributed by atoms with E-state index in [4.69, 9.17) is 4.74 Å². The number of benzene rings is 1. The second-order valence-corrected chi connectivity index (χ2v) is 8.58. The molecule has 13 heteroatoms. The minimum atomic E-state index is -1.52. The van der Waals surface area contributed by atoms with Crippen LogP contribution in [0.3, 0.4) is 0 Å². The molecule has 2 aliphatic heterocycles. The summed E-state index contributed by atoms with van der Waals surface area (Å²) in [6, 6.07) is 8.94. The van der Waals surface area contributed by atoms with Gasteiger partial charge in [0.2, 0.25) is 5.91 Å². The molecule has 0 radical (unpaired) electrons.